The maximum atomic E-state index is 13.0. The molecule has 0 unspecified atom stereocenters. The fraction of sp³-hybridized carbons (Fsp3) is 0.450. The Balaban J connectivity index is 1.49. The summed E-state index contributed by atoms with van der Waals surface area (Å²) < 4.78 is 7.08. The smallest absolute Gasteiger partial charge is 0.265 e. The third kappa shape index (κ3) is 3.41. The Morgan fingerprint density at radius 3 is 2.89 bits per heavy atom. The van der Waals surface area contributed by atoms with E-state index in [0.29, 0.717) is 6.42 Å². The molecule has 2 aliphatic rings. The first-order valence-electron chi connectivity index (χ1n) is 9.28. The molecule has 4 rings (SSSR count). The number of methoxy groups -OCH3 is 1. The van der Waals surface area contributed by atoms with Crippen LogP contribution in [0.1, 0.15) is 43.2 Å². The van der Waals surface area contributed by atoms with Gasteiger partial charge < -0.3 is 14.9 Å². The fourth-order valence-electron chi connectivity index (χ4n) is 3.96. The highest BCUT2D eigenvalue weighted by molar-refractivity contribution is 6.03. The molecule has 2 heterocycles. The van der Waals surface area contributed by atoms with Crippen molar-refractivity contribution in [2.24, 2.45) is 12.2 Å². The Labute approximate surface area is 158 Å². The van der Waals surface area contributed by atoms with Crippen molar-refractivity contribution in [1.29, 1.82) is 0 Å². The van der Waals surface area contributed by atoms with Gasteiger partial charge in [-0.25, -0.2) is 0 Å². The standard InChI is InChI=1S/C20H24N4O3/c1-24-13-14(12-21-24)17-11-18(27-23-17)19(25)22-20(8-3-4-9-20)15-6-5-7-16(10-15)26-2/h5-7,10,12-13,18H,3-4,8-9,11H2,1-2H3,(H,22,25)/t18-/m1/s1. The number of carbonyl (C=O) groups is 1. The summed E-state index contributed by atoms with van der Waals surface area (Å²) in [5.74, 6) is 0.676. The van der Waals surface area contributed by atoms with E-state index in [1.165, 1.54) is 0 Å². The summed E-state index contributed by atoms with van der Waals surface area (Å²) in [7, 11) is 3.50. The van der Waals surface area contributed by atoms with Crippen molar-refractivity contribution in [1.82, 2.24) is 15.1 Å². The molecule has 0 saturated heterocycles. The molecule has 1 N–H and O–H groups in total. The van der Waals surface area contributed by atoms with Crippen LogP contribution in [0.4, 0.5) is 0 Å². The van der Waals surface area contributed by atoms with Gasteiger partial charge in [0.1, 0.15) is 5.75 Å². The van der Waals surface area contributed by atoms with Crippen molar-refractivity contribution in [2.45, 2.75) is 43.7 Å². The number of aromatic nitrogens is 2. The predicted octanol–water partition coefficient (Wildman–Crippen LogP) is 2.51. The minimum Gasteiger partial charge on any atom is -0.497 e. The van der Waals surface area contributed by atoms with Crippen LogP contribution in [0, 0.1) is 0 Å². The first-order chi connectivity index (χ1) is 13.1. The molecule has 0 spiro atoms. The first kappa shape index (κ1) is 17.6. The monoisotopic (exact) mass is 368 g/mol. The number of aryl methyl sites for hydroxylation is 1. The van der Waals surface area contributed by atoms with Crippen LogP contribution in [0.15, 0.2) is 41.8 Å². The largest absolute Gasteiger partial charge is 0.497 e. The lowest BCUT2D eigenvalue weighted by atomic mass is 9.87. The van der Waals surface area contributed by atoms with Gasteiger partial charge in [-0.15, -0.1) is 0 Å². The van der Waals surface area contributed by atoms with Gasteiger partial charge in [0.05, 0.1) is 24.6 Å². The summed E-state index contributed by atoms with van der Waals surface area (Å²) in [5, 5.41) is 11.5. The highest BCUT2D eigenvalue weighted by Crippen LogP contribution is 2.40. The Hall–Kier alpha value is -2.83. The molecule has 1 aliphatic heterocycles. The summed E-state index contributed by atoms with van der Waals surface area (Å²) in [6, 6.07) is 7.96. The third-order valence-corrected chi connectivity index (χ3v) is 5.44. The van der Waals surface area contributed by atoms with Crippen LogP contribution in [0.25, 0.3) is 0 Å². The van der Waals surface area contributed by atoms with Crippen molar-refractivity contribution in [3.63, 3.8) is 0 Å². The SMILES string of the molecule is COc1cccc(C2(NC(=O)[C@H]3CC(c4cnn(C)c4)=NO3)CCCC2)c1. The Kier molecular flexibility index (Phi) is 4.59. The molecule has 1 saturated carbocycles. The fourth-order valence-corrected chi connectivity index (χ4v) is 3.96. The second-order valence-corrected chi connectivity index (χ2v) is 7.25. The van der Waals surface area contributed by atoms with E-state index in [0.717, 1.165) is 48.3 Å². The first-order valence-corrected chi connectivity index (χ1v) is 9.28. The minimum absolute atomic E-state index is 0.123. The van der Waals surface area contributed by atoms with Gasteiger partial charge in [0.15, 0.2) is 0 Å². The maximum Gasteiger partial charge on any atom is 0.265 e. The van der Waals surface area contributed by atoms with Gasteiger partial charge in [-0.05, 0) is 30.5 Å². The van der Waals surface area contributed by atoms with Crippen LogP contribution < -0.4 is 10.1 Å². The number of hydrogen-bond donors (Lipinski definition) is 1. The molecule has 1 aliphatic carbocycles. The number of amides is 1. The number of benzene rings is 1. The van der Waals surface area contributed by atoms with E-state index in [1.54, 1.807) is 18.0 Å². The van der Waals surface area contributed by atoms with E-state index < -0.39 is 6.10 Å². The molecule has 1 aromatic heterocycles. The maximum absolute atomic E-state index is 13.0. The minimum atomic E-state index is -0.608. The topological polar surface area (TPSA) is 77.7 Å². The molecule has 142 valence electrons. The summed E-state index contributed by atoms with van der Waals surface area (Å²) in [4.78, 5) is 18.4. The van der Waals surface area contributed by atoms with Crippen LogP contribution in [-0.2, 0) is 22.2 Å². The van der Waals surface area contributed by atoms with Gasteiger partial charge in [-0.1, -0.05) is 30.1 Å². The molecule has 27 heavy (non-hydrogen) atoms. The number of carbonyl (C=O) groups excluding carboxylic acids is 1. The molecule has 1 atom stereocenters. The van der Waals surface area contributed by atoms with Gasteiger partial charge in [0.25, 0.3) is 5.91 Å². The number of nitrogens with one attached hydrogen (secondary N) is 1. The van der Waals surface area contributed by atoms with Gasteiger partial charge in [0, 0.05) is 25.2 Å². The lowest BCUT2D eigenvalue weighted by Gasteiger charge is -2.32. The molecule has 1 aromatic carbocycles. The van der Waals surface area contributed by atoms with Crippen LogP contribution in [0.2, 0.25) is 0 Å². The van der Waals surface area contributed by atoms with Crippen molar-refractivity contribution in [2.75, 3.05) is 7.11 Å². The second-order valence-electron chi connectivity index (χ2n) is 7.25. The van der Waals surface area contributed by atoms with Crippen molar-refractivity contribution >= 4 is 11.6 Å². The summed E-state index contributed by atoms with van der Waals surface area (Å²) in [6.45, 7) is 0. The lowest BCUT2D eigenvalue weighted by Crippen LogP contribution is -2.48. The predicted molar refractivity (Wildman–Crippen MR) is 101 cm³/mol. The van der Waals surface area contributed by atoms with Gasteiger partial charge >= 0.3 is 0 Å². The molecular formula is C20H24N4O3. The molecule has 1 amide bonds. The van der Waals surface area contributed by atoms with Gasteiger partial charge in [0.2, 0.25) is 6.10 Å². The number of hydrogen-bond acceptors (Lipinski definition) is 5. The van der Waals surface area contributed by atoms with Crippen molar-refractivity contribution < 1.29 is 14.4 Å². The highest BCUT2D eigenvalue weighted by Gasteiger charge is 2.40. The Morgan fingerprint density at radius 2 is 2.19 bits per heavy atom. The quantitative estimate of drug-likeness (QED) is 0.880. The Morgan fingerprint density at radius 1 is 1.37 bits per heavy atom. The highest BCUT2D eigenvalue weighted by atomic mass is 16.6. The molecule has 2 aromatic rings. The normalized spacial score (nSPS) is 20.8. The van der Waals surface area contributed by atoms with E-state index in [-0.39, 0.29) is 11.4 Å². The van der Waals surface area contributed by atoms with Crippen LogP contribution in [-0.4, -0.2) is 34.6 Å². The van der Waals surface area contributed by atoms with E-state index >= 15 is 0 Å². The van der Waals surface area contributed by atoms with Crippen molar-refractivity contribution in [3.05, 3.63) is 47.8 Å². The van der Waals surface area contributed by atoms with Crippen LogP contribution >= 0.6 is 0 Å². The van der Waals surface area contributed by atoms with E-state index in [9.17, 15) is 4.79 Å². The second kappa shape index (κ2) is 7.06. The third-order valence-electron chi connectivity index (χ3n) is 5.44. The number of rotatable bonds is 5. The summed E-state index contributed by atoms with van der Waals surface area (Å²) in [5.41, 5.74) is 2.35. The van der Waals surface area contributed by atoms with E-state index in [2.05, 4.69) is 21.6 Å². The average Bonchev–Trinajstić information content (AvgIpc) is 3.42. The van der Waals surface area contributed by atoms with Crippen molar-refractivity contribution in [3.8, 4) is 5.75 Å². The average molecular weight is 368 g/mol. The molecule has 1 fully saturated rings. The zero-order valence-corrected chi connectivity index (χ0v) is 15.6. The summed E-state index contributed by atoms with van der Waals surface area (Å²) in [6.07, 6.45) is 7.44. The lowest BCUT2D eigenvalue weighted by molar-refractivity contribution is -0.133. The number of ether oxygens (including phenoxy) is 1. The zero-order chi connectivity index (χ0) is 18.9. The molecule has 0 radical (unpaired) electrons. The van der Waals surface area contributed by atoms with Gasteiger partial charge in [-0.2, -0.15) is 5.10 Å². The number of nitrogens with zero attached hydrogens (tertiary/aromatic N) is 3. The van der Waals surface area contributed by atoms with Gasteiger partial charge in [-0.3, -0.25) is 9.48 Å². The summed E-state index contributed by atoms with van der Waals surface area (Å²) >= 11 is 0. The Bertz CT molecular complexity index is 868. The van der Waals surface area contributed by atoms with Crippen LogP contribution in [0.5, 0.6) is 5.75 Å². The number of oxime groups is 1. The van der Waals surface area contributed by atoms with E-state index in [1.807, 2.05) is 31.4 Å². The molecular weight excluding hydrogens is 344 g/mol. The molecule has 7 nitrogen and oxygen atoms in total. The molecule has 7 heteroatoms. The van der Waals surface area contributed by atoms with E-state index in [4.69, 9.17) is 9.57 Å². The van der Waals surface area contributed by atoms with Crippen LogP contribution in [0.3, 0.4) is 0 Å². The molecule has 0 bridgehead atoms. The zero-order valence-electron chi connectivity index (χ0n) is 15.6.